The summed E-state index contributed by atoms with van der Waals surface area (Å²) in [5.41, 5.74) is 1.84. The lowest BCUT2D eigenvalue weighted by molar-refractivity contribution is 0.0982. The number of aromatic nitrogens is 1. The molecule has 0 N–H and O–H groups in total. The Bertz CT molecular complexity index is 1140. The highest BCUT2D eigenvalue weighted by Crippen LogP contribution is 2.36. The fourth-order valence-electron chi connectivity index (χ4n) is 2.90. The van der Waals surface area contributed by atoms with Crippen LogP contribution in [0.5, 0.6) is 0 Å². The predicted molar refractivity (Wildman–Crippen MR) is 126 cm³/mol. The molecule has 162 valence electrons. The van der Waals surface area contributed by atoms with E-state index in [9.17, 15) is 13.2 Å². The SMILES string of the molecule is Cc1ccc(Cl)c2sc(N(CCN(C)C)C(=O)c3ccccc3S(C)(=O)=O)nc12.Cl. The molecule has 2 aromatic carbocycles. The third-order valence-electron chi connectivity index (χ3n) is 4.45. The topological polar surface area (TPSA) is 70.6 Å². The molecule has 0 unspecified atom stereocenters. The van der Waals surface area contributed by atoms with E-state index in [4.69, 9.17) is 11.6 Å². The summed E-state index contributed by atoms with van der Waals surface area (Å²) in [6, 6.07) is 9.95. The van der Waals surface area contributed by atoms with Crippen molar-refractivity contribution in [1.29, 1.82) is 0 Å². The van der Waals surface area contributed by atoms with Crippen LogP contribution in [0.1, 0.15) is 15.9 Å². The lowest BCUT2D eigenvalue weighted by atomic mass is 10.2. The third-order valence-corrected chi connectivity index (χ3v) is 7.14. The maximum atomic E-state index is 13.4. The number of halogens is 2. The molecule has 3 rings (SSSR count). The lowest BCUT2D eigenvalue weighted by Gasteiger charge is -2.22. The number of thiazole rings is 1. The number of amides is 1. The molecular formula is C20H23Cl2N3O3S2. The van der Waals surface area contributed by atoms with E-state index in [-0.39, 0.29) is 22.9 Å². The van der Waals surface area contributed by atoms with Gasteiger partial charge in [0.05, 0.1) is 25.7 Å². The van der Waals surface area contributed by atoms with Gasteiger partial charge in [-0.25, -0.2) is 13.4 Å². The Morgan fingerprint density at radius 2 is 1.80 bits per heavy atom. The Morgan fingerprint density at radius 3 is 2.40 bits per heavy atom. The number of aryl methyl sites for hydroxylation is 1. The van der Waals surface area contributed by atoms with Gasteiger partial charge in [0.15, 0.2) is 15.0 Å². The van der Waals surface area contributed by atoms with Gasteiger partial charge >= 0.3 is 0 Å². The number of benzene rings is 2. The number of anilines is 1. The number of likely N-dealkylation sites (N-methyl/N-ethyl adjacent to an activating group) is 1. The van der Waals surface area contributed by atoms with Crippen molar-refractivity contribution < 1.29 is 13.2 Å². The Kier molecular flexibility index (Phi) is 7.87. The molecule has 3 aromatic rings. The molecule has 1 amide bonds. The number of rotatable bonds is 6. The zero-order valence-corrected chi connectivity index (χ0v) is 20.3. The first-order valence-electron chi connectivity index (χ1n) is 8.91. The summed E-state index contributed by atoms with van der Waals surface area (Å²) < 4.78 is 25.2. The van der Waals surface area contributed by atoms with Crippen LogP contribution < -0.4 is 4.90 Å². The van der Waals surface area contributed by atoms with Gasteiger partial charge in [-0.2, -0.15) is 0 Å². The second-order valence-corrected chi connectivity index (χ2v) is 10.4. The minimum absolute atomic E-state index is 0. The number of carbonyl (C=O) groups is 1. The normalized spacial score (nSPS) is 11.5. The highest BCUT2D eigenvalue weighted by molar-refractivity contribution is 7.90. The van der Waals surface area contributed by atoms with Crippen molar-refractivity contribution >= 4 is 66.4 Å². The third kappa shape index (κ3) is 5.12. The zero-order chi connectivity index (χ0) is 21.3. The van der Waals surface area contributed by atoms with Crippen molar-refractivity contribution in [3.63, 3.8) is 0 Å². The first-order valence-corrected chi connectivity index (χ1v) is 12.0. The van der Waals surface area contributed by atoms with Crippen molar-refractivity contribution in [2.45, 2.75) is 11.8 Å². The van der Waals surface area contributed by atoms with E-state index in [2.05, 4.69) is 4.98 Å². The highest BCUT2D eigenvalue weighted by Gasteiger charge is 2.26. The van der Waals surface area contributed by atoms with E-state index in [1.165, 1.54) is 28.4 Å². The minimum Gasteiger partial charge on any atom is -0.308 e. The van der Waals surface area contributed by atoms with Crippen LogP contribution in [-0.2, 0) is 9.84 Å². The van der Waals surface area contributed by atoms with Gasteiger partial charge in [-0.3, -0.25) is 9.69 Å². The second kappa shape index (κ2) is 9.62. The molecule has 0 fully saturated rings. The van der Waals surface area contributed by atoms with Crippen LogP contribution in [0.25, 0.3) is 10.2 Å². The molecule has 0 aliphatic carbocycles. The molecule has 0 saturated carbocycles. The van der Waals surface area contributed by atoms with Crippen LogP contribution in [-0.4, -0.2) is 57.6 Å². The summed E-state index contributed by atoms with van der Waals surface area (Å²) in [7, 11) is 0.259. The van der Waals surface area contributed by atoms with Gasteiger partial charge in [-0.1, -0.05) is 41.1 Å². The van der Waals surface area contributed by atoms with Gasteiger partial charge in [-0.05, 0) is 44.8 Å². The molecule has 0 radical (unpaired) electrons. The molecule has 0 aliphatic rings. The maximum absolute atomic E-state index is 13.4. The number of sulfone groups is 1. The summed E-state index contributed by atoms with van der Waals surface area (Å²) in [4.78, 5) is 21.6. The quantitative estimate of drug-likeness (QED) is 0.518. The molecule has 0 saturated heterocycles. The van der Waals surface area contributed by atoms with Crippen LogP contribution in [0.2, 0.25) is 5.02 Å². The molecule has 1 aromatic heterocycles. The molecule has 6 nitrogen and oxygen atoms in total. The van der Waals surface area contributed by atoms with Gasteiger partial charge in [0.1, 0.15) is 0 Å². The summed E-state index contributed by atoms with van der Waals surface area (Å²) in [6.07, 6.45) is 1.10. The molecule has 30 heavy (non-hydrogen) atoms. The lowest BCUT2D eigenvalue weighted by Crippen LogP contribution is -2.37. The van der Waals surface area contributed by atoms with E-state index in [0.29, 0.717) is 23.2 Å². The van der Waals surface area contributed by atoms with Gasteiger partial charge < -0.3 is 4.90 Å². The average Bonchev–Trinajstić information content (AvgIpc) is 3.10. The molecular weight excluding hydrogens is 465 g/mol. The minimum atomic E-state index is -3.56. The molecule has 0 atom stereocenters. The van der Waals surface area contributed by atoms with Crippen LogP contribution in [0.15, 0.2) is 41.3 Å². The smallest absolute Gasteiger partial charge is 0.261 e. The molecule has 0 spiro atoms. The van der Waals surface area contributed by atoms with Crippen molar-refractivity contribution in [2.75, 3.05) is 38.3 Å². The van der Waals surface area contributed by atoms with Crippen molar-refractivity contribution in [3.8, 4) is 0 Å². The molecule has 0 aliphatic heterocycles. The number of hydrogen-bond donors (Lipinski definition) is 0. The fraction of sp³-hybridized carbons (Fsp3) is 0.300. The largest absolute Gasteiger partial charge is 0.308 e. The van der Waals surface area contributed by atoms with Gasteiger partial charge in [0.2, 0.25) is 0 Å². The van der Waals surface area contributed by atoms with Crippen molar-refractivity contribution in [2.24, 2.45) is 0 Å². The fourth-order valence-corrected chi connectivity index (χ4v) is 5.12. The summed E-state index contributed by atoms with van der Waals surface area (Å²) in [5, 5.41) is 1.07. The van der Waals surface area contributed by atoms with Gasteiger partial charge in [0.25, 0.3) is 5.91 Å². The Morgan fingerprint density at radius 1 is 1.13 bits per heavy atom. The summed E-state index contributed by atoms with van der Waals surface area (Å²) >= 11 is 7.66. The van der Waals surface area contributed by atoms with E-state index < -0.39 is 15.7 Å². The van der Waals surface area contributed by atoms with Crippen LogP contribution in [0, 0.1) is 6.92 Å². The maximum Gasteiger partial charge on any atom is 0.261 e. The van der Waals surface area contributed by atoms with Gasteiger partial charge in [0, 0.05) is 19.3 Å². The number of nitrogens with zero attached hydrogens (tertiary/aromatic N) is 3. The number of carbonyl (C=O) groups excluding carboxylic acids is 1. The molecule has 1 heterocycles. The van der Waals surface area contributed by atoms with Crippen molar-refractivity contribution in [3.05, 3.63) is 52.5 Å². The van der Waals surface area contributed by atoms with Crippen molar-refractivity contribution in [1.82, 2.24) is 9.88 Å². The van der Waals surface area contributed by atoms with E-state index in [1.807, 2.05) is 38.1 Å². The first kappa shape index (κ1) is 24.6. The Balaban J connectivity index is 0.00000320. The first-order chi connectivity index (χ1) is 13.6. The van der Waals surface area contributed by atoms with Crippen LogP contribution >= 0.6 is 35.3 Å². The average molecular weight is 488 g/mol. The second-order valence-electron chi connectivity index (χ2n) is 7.07. The zero-order valence-electron chi connectivity index (χ0n) is 17.0. The monoisotopic (exact) mass is 487 g/mol. The summed E-state index contributed by atoms with van der Waals surface area (Å²) in [6.45, 7) is 2.89. The molecule has 10 heteroatoms. The van der Waals surface area contributed by atoms with Crippen LogP contribution in [0.3, 0.4) is 0 Å². The van der Waals surface area contributed by atoms with E-state index >= 15 is 0 Å². The number of hydrogen-bond acceptors (Lipinski definition) is 6. The van der Waals surface area contributed by atoms with E-state index in [0.717, 1.165) is 22.0 Å². The number of fused-ring (bicyclic) bond motifs is 1. The standard InChI is InChI=1S/C20H22ClN3O3S2.ClH/c1-13-9-10-15(21)18-17(13)22-20(28-18)24(12-11-23(2)3)19(25)14-7-5-6-8-16(14)29(4,26)27;/h5-10H,11-12H2,1-4H3;1H. The predicted octanol–water partition coefficient (Wildman–Crippen LogP) is 4.29. The van der Waals surface area contributed by atoms with Crippen LogP contribution in [0.4, 0.5) is 5.13 Å². The van der Waals surface area contributed by atoms with E-state index in [1.54, 1.807) is 12.1 Å². The highest BCUT2D eigenvalue weighted by atomic mass is 35.5. The Labute approximate surface area is 191 Å². The van der Waals surface area contributed by atoms with Gasteiger partial charge in [-0.15, -0.1) is 12.4 Å². The molecule has 0 bridgehead atoms. The Hall–Kier alpha value is -1.71. The summed E-state index contributed by atoms with van der Waals surface area (Å²) in [5.74, 6) is -0.402.